The zero-order valence-corrected chi connectivity index (χ0v) is 24.5. The summed E-state index contributed by atoms with van der Waals surface area (Å²) in [6.07, 6.45) is 0.296. The van der Waals surface area contributed by atoms with E-state index in [1.807, 2.05) is 6.92 Å². The van der Waals surface area contributed by atoms with Crippen LogP contribution >= 0.6 is 23.2 Å². The lowest BCUT2D eigenvalue weighted by Crippen LogP contribution is -2.51. The number of ether oxygens (including phenoxy) is 1. The molecule has 0 aromatic heterocycles. The summed E-state index contributed by atoms with van der Waals surface area (Å²) in [4.78, 5) is 28.1. The molecule has 0 bridgehead atoms. The van der Waals surface area contributed by atoms with Gasteiger partial charge in [-0.2, -0.15) is 0 Å². The zero-order chi connectivity index (χ0) is 28.7. The summed E-state index contributed by atoms with van der Waals surface area (Å²) in [7, 11) is -1.18. The maximum absolute atomic E-state index is 13.9. The molecule has 0 radical (unpaired) electrons. The second kappa shape index (κ2) is 13.2. The van der Waals surface area contributed by atoms with Gasteiger partial charge in [0.05, 0.1) is 17.7 Å². The molecule has 2 amide bonds. The van der Waals surface area contributed by atoms with Gasteiger partial charge in [-0.1, -0.05) is 53.9 Å². The molecule has 1 N–H and O–H groups in total. The van der Waals surface area contributed by atoms with Crippen LogP contribution in [0.2, 0.25) is 10.0 Å². The molecule has 0 saturated heterocycles. The number of rotatable bonds is 11. The Morgan fingerprint density at radius 3 is 2.18 bits per heavy atom. The van der Waals surface area contributed by atoms with Crippen LogP contribution in [0.4, 0.5) is 5.69 Å². The SMILES string of the molecule is CC[C@@H](C(=O)NC)N(Cc1ccc(Cl)cc1Cl)C(=O)CN(c1ccc(OC)cc1)S(=O)(=O)c1ccc(C)cc1. The Morgan fingerprint density at radius 2 is 1.64 bits per heavy atom. The molecule has 0 aliphatic rings. The second-order valence-electron chi connectivity index (χ2n) is 8.82. The number of likely N-dealkylation sites (N-methyl/N-ethyl adjacent to an activating group) is 1. The first kappa shape index (κ1) is 30.3. The number of halogens is 2. The van der Waals surface area contributed by atoms with Gasteiger partial charge in [0.25, 0.3) is 10.0 Å². The Labute approximate surface area is 239 Å². The van der Waals surface area contributed by atoms with E-state index in [4.69, 9.17) is 27.9 Å². The number of hydrogen-bond acceptors (Lipinski definition) is 5. The maximum atomic E-state index is 13.9. The van der Waals surface area contributed by atoms with Gasteiger partial charge >= 0.3 is 0 Å². The Bertz CT molecular complexity index is 1410. The fraction of sp³-hybridized carbons (Fsp3) is 0.286. The molecule has 0 aliphatic heterocycles. The van der Waals surface area contributed by atoms with Crippen LogP contribution in [0.3, 0.4) is 0 Å². The molecule has 3 aromatic rings. The van der Waals surface area contributed by atoms with Gasteiger partial charge in [-0.3, -0.25) is 13.9 Å². The third kappa shape index (κ3) is 7.23. The number of carbonyl (C=O) groups is 2. The topological polar surface area (TPSA) is 96.0 Å². The first-order valence-electron chi connectivity index (χ1n) is 12.2. The van der Waals surface area contributed by atoms with Crippen LogP contribution in [0.5, 0.6) is 5.75 Å². The van der Waals surface area contributed by atoms with Crippen molar-refractivity contribution in [3.05, 3.63) is 87.9 Å². The van der Waals surface area contributed by atoms with Crippen LogP contribution in [-0.4, -0.2) is 51.9 Å². The summed E-state index contributed by atoms with van der Waals surface area (Å²) in [6.45, 7) is 3.04. The molecule has 8 nitrogen and oxygen atoms in total. The van der Waals surface area contributed by atoms with Gasteiger partial charge in [0, 0.05) is 23.6 Å². The summed E-state index contributed by atoms with van der Waals surface area (Å²) in [5.41, 5.74) is 1.72. The van der Waals surface area contributed by atoms with E-state index in [1.165, 1.54) is 31.2 Å². The molecule has 208 valence electrons. The third-order valence-corrected chi connectivity index (χ3v) is 8.61. The number of benzene rings is 3. The van der Waals surface area contributed by atoms with Crippen molar-refractivity contribution in [2.75, 3.05) is 25.0 Å². The summed E-state index contributed by atoms with van der Waals surface area (Å²) in [5, 5.41) is 3.34. The second-order valence-corrected chi connectivity index (χ2v) is 11.5. The molecule has 0 saturated carbocycles. The Balaban J connectivity index is 2.08. The molecule has 3 rings (SSSR count). The lowest BCUT2D eigenvalue weighted by atomic mass is 10.1. The average Bonchev–Trinajstić information content (AvgIpc) is 2.92. The third-order valence-electron chi connectivity index (χ3n) is 6.24. The number of sulfonamides is 1. The van der Waals surface area contributed by atoms with Crippen molar-refractivity contribution in [3.63, 3.8) is 0 Å². The number of anilines is 1. The lowest BCUT2D eigenvalue weighted by Gasteiger charge is -2.33. The molecule has 0 aliphatic carbocycles. The molecule has 1 atom stereocenters. The van der Waals surface area contributed by atoms with E-state index >= 15 is 0 Å². The fourth-order valence-electron chi connectivity index (χ4n) is 4.03. The minimum absolute atomic E-state index is 0.0260. The summed E-state index contributed by atoms with van der Waals surface area (Å²) < 4.78 is 33.9. The average molecular weight is 593 g/mol. The number of nitrogens with zero attached hydrogens (tertiary/aromatic N) is 2. The number of amides is 2. The minimum Gasteiger partial charge on any atom is -0.497 e. The van der Waals surface area contributed by atoms with E-state index in [0.717, 1.165) is 9.87 Å². The smallest absolute Gasteiger partial charge is 0.264 e. The van der Waals surface area contributed by atoms with Crippen molar-refractivity contribution in [1.82, 2.24) is 10.2 Å². The largest absolute Gasteiger partial charge is 0.497 e. The van der Waals surface area contributed by atoms with Crippen LogP contribution in [0.15, 0.2) is 71.6 Å². The van der Waals surface area contributed by atoms with E-state index in [0.29, 0.717) is 27.8 Å². The van der Waals surface area contributed by atoms with Crippen molar-refractivity contribution < 1.29 is 22.7 Å². The van der Waals surface area contributed by atoms with Crippen molar-refractivity contribution in [1.29, 1.82) is 0 Å². The van der Waals surface area contributed by atoms with Gasteiger partial charge in [0.15, 0.2) is 0 Å². The van der Waals surface area contributed by atoms with E-state index in [2.05, 4.69) is 5.32 Å². The first-order valence-corrected chi connectivity index (χ1v) is 14.4. The summed E-state index contributed by atoms with van der Waals surface area (Å²) in [5.74, 6) is -0.432. The van der Waals surface area contributed by atoms with Gasteiger partial charge in [0.1, 0.15) is 18.3 Å². The zero-order valence-electron chi connectivity index (χ0n) is 22.1. The quantitative estimate of drug-likeness (QED) is 0.336. The highest BCUT2D eigenvalue weighted by Crippen LogP contribution is 2.28. The number of carbonyl (C=O) groups excluding carboxylic acids is 2. The van der Waals surface area contributed by atoms with Gasteiger partial charge in [0.2, 0.25) is 11.8 Å². The summed E-state index contributed by atoms with van der Waals surface area (Å²) >= 11 is 12.4. The van der Waals surface area contributed by atoms with Crippen LogP contribution in [0.25, 0.3) is 0 Å². The van der Waals surface area contributed by atoms with Gasteiger partial charge < -0.3 is 15.0 Å². The van der Waals surface area contributed by atoms with Gasteiger partial charge in [-0.25, -0.2) is 8.42 Å². The molecular weight excluding hydrogens is 561 g/mol. The highest BCUT2D eigenvalue weighted by molar-refractivity contribution is 7.92. The van der Waals surface area contributed by atoms with Gasteiger partial charge in [-0.05, 0) is 67.4 Å². The predicted molar refractivity (Wildman–Crippen MR) is 154 cm³/mol. The molecule has 3 aromatic carbocycles. The Kier molecular flexibility index (Phi) is 10.2. The molecular formula is C28H31Cl2N3O5S. The van der Waals surface area contributed by atoms with E-state index in [-0.39, 0.29) is 23.0 Å². The van der Waals surface area contributed by atoms with Crippen molar-refractivity contribution in [2.45, 2.75) is 37.8 Å². The molecule has 11 heteroatoms. The van der Waals surface area contributed by atoms with Crippen molar-refractivity contribution in [3.8, 4) is 5.75 Å². The maximum Gasteiger partial charge on any atom is 0.264 e. The fourth-order valence-corrected chi connectivity index (χ4v) is 5.92. The van der Waals surface area contributed by atoms with Crippen LogP contribution in [-0.2, 0) is 26.2 Å². The molecule has 39 heavy (non-hydrogen) atoms. The van der Waals surface area contributed by atoms with E-state index < -0.39 is 28.5 Å². The number of nitrogens with one attached hydrogen (secondary N) is 1. The van der Waals surface area contributed by atoms with E-state index in [1.54, 1.807) is 61.5 Å². The highest BCUT2D eigenvalue weighted by atomic mass is 35.5. The molecule has 0 unspecified atom stereocenters. The number of aryl methyl sites for hydroxylation is 1. The van der Waals surface area contributed by atoms with Crippen molar-refractivity contribution >= 4 is 50.7 Å². The molecule has 0 heterocycles. The van der Waals surface area contributed by atoms with Crippen molar-refractivity contribution in [2.24, 2.45) is 0 Å². The van der Waals surface area contributed by atoms with Gasteiger partial charge in [-0.15, -0.1) is 0 Å². The first-order chi connectivity index (χ1) is 18.5. The van der Waals surface area contributed by atoms with Crippen LogP contribution in [0, 0.1) is 6.92 Å². The van der Waals surface area contributed by atoms with Crippen LogP contribution in [0.1, 0.15) is 24.5 Å². The standard InChI is InChI=1S/C28H31Cl2N3O5S/c1-5-26(28(35)31-3)32(17-20-8-9-21(29)16-25(20)30)27(34)18-33(22-10-12-23(38-4)13-11-22)39(36,37)24-14-6-19(2)7-15-24/h6-16,26H,5,17-18H2,1-4H3,(H,31,35)/t26-/m0/s1. The Hall–Kier alpha value is -3.27. The van der Waals surface area contributed by atoms with Crippen LogP contribution < -0.4 is 14.4 Å². The summed E-state index contributed by atoms with van der Waals surface area (Å²) in [6, 6.07) is 16.7. The number of hydrogen-bond donors (Lipinski definition) is 1. The predicted octanol–water partition coefficient (Wildman–Crippen LogP) is 5.06. The van der Waals surface area contributed by atoms with E-state index in [9.17, 15) is 18.0 Å². The molecule has 0 spiro atoms. The Morgan fingerprint density at radius 1 is 1.00 bits per heavy atom. The monoisotopic (exact) mass is 591 g/mol. The normalized spacial score (nSPS) is 11.9. The lowest BCUT2D eigenvalue weighted by molar-refractivity contribution is -0.140. The molecule has 0 fully saturated rings. The minimum atomic E-state index is -4.16. The highest BCUT2D eigenvalue weighted by Gasteiger charge is 2.33. The number of methoxy groups -OCH3 is 1.